The summed E-state index contributed by atoms with van der Waals surface area (Å²) in [6.45, 7) is -0.141. The molecule has 0 aliphatic rings. The number of para-hydroxylation sites is 1. The second-order valence-corrected chi connectivity index (χ2v) is 7.83. The van der Waals surface area contributed by atoms with E-state index in [9.17, 15) is 8.78 Å². The highest BCUT2D eigenvalue weighted by molar-refractivity contribution is 5.82. The molecule has 0 saturated carbocycles. The van der Waals surface area contributed by atoms with Crippen LogP contribution in [0.2, 0.25) is 0 Å². The van der Waals surface area contributed by atoms with Crippen LogP contribution in [0.25, 0.3) is 22.2 Å². The monoisotopic (exact) mass is 473 g/mol. The van der Waals surface area contributed by atoms with Crippen LogP contribution in [0, 0.1) is 6.92 Å². The molecular weight excluding hydrogens is 452 g/mol. The van der Waals surface area contributed by atoms with Crippen LogP contribution in [0.3, 0.4) is 0 Å². The van der Waals surface area contributed by atoms with E-state index in [0.29, 0.717) is 24.6 Å². The molecule has 0 amide bonds. The fraction of sp³-hybridized carbons (Fsp3) is 0.160. The second kappa shape index (κ2) is 9.80. The van der Waals surface area contributed by atoms with E-state index in [1.165, 1.54) is 6.33 Å². The molecule has 0 aliphatic carbocycles. The van der Waals surface area contributed by atoms with E-state index in [2.05, 4.69) is 30.2 Å². The number of hydrogen-bond donors (Lipinski definition) is 1. The molecule has 5 aromatic rings. The van der Waals surface area contributed by atoms with Crippen molar-refractivity contribution >= 4 is 17.0 Å². The first-order valence-corrected chi connectivity index (χ1v) is 10.9. The van der Waals surface area contributed by atoms with Crippen LogP contribution in [-0.4, -0.2) is 36.1 Å². The molecule has 8 nitrogen and oxygen atoms in total. The van der Waals surface area contributed by atoms with Crippen LogP contribution in [0.1, 0.15) is 17.0 Å². The summed E-state index contributed by atoms with van der Waals surface area (Å²) in [4.78, 5) is 21.4. The fourth-order valence-electron chi connectivity index (χ4n) is 3.81. The van der Waals surface area contributed by atoms with Gasteiger partial charge in [-0.3, -0.25) is 0 Å². The first kappa shape index (κ1) is 22.3. The van der Waals surface area contributed by atoms with Gasteiger partial charge in [-0.1, -0.05) is 24.3 Å². The number of nitrogens with zero attached hydrogens (tertiary/aromatic N) is 6. The summed E-state index contributed by atoms with van der Waals surface area (Å²) in [5.41, 5.74) is 5.00. The number of imidazole rings is 1. The molecule has 3 heterocycles. The van der Waals surface area contributed by atoms with Crippen LogP contribution >= 0.6 is 0 Å². The van der Waals surface area contributed by atoms with Crippen LogP contribution in [0.4, 0.5) is 14.7 Å². The van der Waals surface area contributed by atoms with E-state index in [4.69, 9.17) is 4.74 Å². The summed E-state index contributed by atoms with van der Waals surface area (Å²) >= 11 is 0. The van der Waals surface area contributed by atoms with Gasteiger partial charge in [0, 0.05) is 48.0 Å². The van der Waals surface area contributed by atoms with E-state index in [0.717, 1.165) is 33.5 Å². The summed E-state index contributed by atoms with van der Waals surface area (Å²) in [6.07, 6.45) is 8.43. The summed E-state index contributed by atoms with van der Waals surface area (Å²) in [5, 5.41) is 3.15. The molecule has 0 fully saturated rings. The molecule has 0 unspecified atom stereocenters. The van der Waals surface area contributed by atoms with Crippen LogP contribution in [0.15, 0.2) is 73.6 Å². The predicted molar refractivity (Wildman–Crippen MR) is 127 cm³/mol. The van der Waals surface area contributed by atoms with Gasteiger partial charge >= 0.3 is 6.61 Å². The third kappa shape index (κ3) is 5.06. The first-order chi connectivity index (χ1) is 17.1. The van der Waals surface area contributed by atoms with Crippen molar-refractivity contribution in [1.82, 2.24) is 29.5 Å². The van der Waals surface area contributed by atoms with E-state index in [1.807, 2.05) is 29.7 Å². The van der Waals surface area contributed by atoms with Crippen molar-refractivity contribution in [3.05, 3.63) is 90.5 Å². The fourth-order valence-corrected chi connectivity index (χ4v) is 3.81. The van der Waals surface area contributed by atoms with Crippen molar-refractivity contribution in [2.24, 2.45) is 0 Å². The minimum absolute atomic E-state index is 0.151. The van der Waals surface area contributed by atoms with Crippen LogP contribution < -0.4 is 10.1 Å². The molecule has 3 aromatic heterocycles. The van der Waals surface area contributed by atoms with Gasteiger partial charge in [-0.2, -0.15) is 8.78 Å². The zero-order valence-electron chi connectivity index (χ0n) is 18.8. The Bertz CT molecular complexity index is 1440. The Hall–Kier alpha value is -4.47. The van der Waals surface area contributed by atoms with Gasteiger partial charge in [-0.05, 0) is 30.7 Å². The molecule has 0 bridgehead atoms. The minimum Gasteiger partial charge on any atom is -0.434 e. The summed E-state index contributed by atoms with van der Waals surface area (Å²) in [7, 11) is 0. The van der Waals surface area contributed by atoms with Gasteiger partial charge in [0.2, 0.25) is 5.95 Å². The molecule has 0 aliphatic heterocycles. The van der Waals surface area contributed by atoms with E-state index in [-0.39, 0.29) is 5.75 Å². The Morgan fingerprint density at radius 3 is 2.51 bits per heavy atom. The number of halogens is 2. The number of hydrogen-bond acceptors (Lipinski definition) is 7. The molecule has 0 atom stereocenters. The SMILES string of the molecule is Cc1nc2ccc(-c3cnc(NCc4cncnc4)nc3)cc2n1Cc1ccccc1OC(F)F. The Kier molecular flexibility index (Phi) is 6.25. The number of fused-ring (bicyclic) bond motifs is 1. The van der Waals surface area contributed by atoms with E-state index >= 15 is 0 Å². The Labute approximate surface area is 199 Å². The minimum atomic E-state index is -2.89. The quantitative estimate of drug-likeness (QED) is 0.344. The normalized spacial score (nSPS) is 11.2. The number of benzene rings is 2. The van der Waals surface area contributed by atoms with Gasteiger partial charge in [-0.25, -0.2) is 24.9 Å². The molecule has 1 N–H and O–H groups in total. The van der Waals surface area contributed by atoms with Gasteiger partial charge in [-0.15, -0.1) is 0 Å². The molecule has 176 valence electrons. The van der Waals surface area contributed by atoms with Crippen molar-refractivity contribution in [1.29, 1.82) is 0 Å². The Balaban J connectivity index is 1.40. The van der Waals surface area contributed by atoms with Gasteiger partial charge in [0.25, 0.3) is 0 Å². The molecule has 0 saturated heterocycles. The molecule has 0 spiro atoms. The van der Waals surface area contributed by atoms with E-state index < -0.39 is 6.61 Å². The highest BCUT2D eigenvalue weighted by Crippen LogP contribution is 2.28. The number of alkyl halides is 2. The first-order valence-electron chi connectivity index (χ1n) is 10.9. The Morgan fingerprint density at radius 2 is 1.74 bits per heavy atom. The highest BCUT2D eigenvalue weighted by atomic mass is 19.3. The lowest BCUT2D eigenvalue weighted by molar-refractivity contribution is -0.0504. The molecule has 35 heavy (non-hydrogen) atoms. The molecule has 5 rings (SSSR count). The number of rotatable bonds is 8. The third-order valence-corrected chi connectivity index (χ3v) is 5.51. The maximum Gasteiger partial charge on any atom is 0.387 e. The topological polar surface area (TPSA) is 90.6 Å². The second-order valence-electron chi connectivity index (χ2n) is 7.83. The van der Waals surface area contributed by atoms with Gasteiger partial charge in [0.1, 0.15) is 17.9 Å². The van der Waals surface area contributed by atoms with Crippen molar-refractivity contribution in [2.45, 2.75) is 26.6 Å². The Morgan fingerprint density at radius 1 is 0.971 bits per heavy atom. The highest BCUT2D eigenvalue weighted by Gasteiger charge is 2.14. The molecule has 2 aromatic carbocycles. The van der Waals surface area contributed by atoms with Crippen molar-refractivity contribution in [3.63, 3.8) is 0 Å². The maximum atomic E-state index is 12.9. The van der Waals surface area contributed by atoms with Crippen LogP contribution in [-0.2, 0) is 13.1 Å². The standard InChI is InChI=1S/C25H21F2N7O/c1-16-33-21-7-6-18(20-12-31-25(32-13-20)30-11-17-9-28-15-29-10-17)8-22(21)34(16)14-19-4-2-3-5-23(19)35-24(26)27/h2-10,12-13,15,24H,11,14H2,1H3,(H,30,31,32). The van der Waals surface area contributed by atoms with E-state index in [1.54, 1.807) is 49.1 Å². The number of aryl methyl sites for hydroxylation is 1. The van der Waals surface area contributed by atoms with Crippen LogP contribution in [0.5, 0.6) is 5.75 Å². The number of anilines is 1. The largest absolute Gasteiger partial charge is 0.434 e. The smallest absolute Gasteiger partial charge is 0.387 e. The number of nitrogens with one attached hydrogen (secondary N) is 1. The average Bonchev–Trinajstić information content (AvgIpc) is 3.18. The lowest BCUT2D eigenvalue weighted by atomic mass is 10.1. The molecular formula is C25H21F2N7O. The lowest BCUT2D eigenvalue weighted by Gasteiger charge is -2.13. The lowest BCUT2D eigenvalue weighted by Crippen LogP contribution is -2.08. The summed E-state index contributed by atoms with van der Waals surface area (Å²) in [5.74, 6) is 1.42. The molecule has 0 radical (unpaired) electrons. The van der Waals surface area contributed by atoms with Crippen molar-refractivity contribution in [3.8, 4) is 16.9 Å². The van der Waals surface area contributed by atoms with Gasteiger partial charge < -0.3 is 14.6 Å². The zero-order chi connectivity index (χ0) is 24.2. The van der Waals surface area contributed by atoms with Gasteiger partial charge in [0.05, 0.1) is 17.6 Å². The predicted octanol–water partition coefficient (Wildman–Crippen LogP) is 4.85. The summed E-state index contributed by atoms with van der Waals surface area (Å²) < 4.78 is 32.4. The van der Waals surface area contributed by atoms with Crippen molar-refractivity contribution in [2.75, 3.05) is 5.32 Å². The van der Waals surface area contributed by atoms with Gasteiger partial charge in [0.15, 0.2) is 0 Å². The summed E-state index contributed by atoms with van der Waals surface area (Å²) in [6, 6.07) is 12.7. The third-order valence-electron chi connectivity index (χ3n) is 5.51. The zero-order valence-corrected chi connectivity index (χ0v) is 18.8. The number of ether oxygens (including phenoxy) is 1. The molecule has 10 heteroatoms. The number of aromatic nitrogens is 6. The average molecular weight is 473 g/mol. The maximum absolute atomic E-state index is 12.9. The van der Waals surface area contributed by atoms with Crippen molar-refractivity contribution < 1.29 is 13.5 Å².